The van der Waals surface area contributed by atoms with Gasteiger partial charge in [0.05, 0.1) is 10.9 Å². The fourth-order valence-corrected chi connectivity index (χ4v) is 2.48. The molecule has 0 saturated heterocycles. The highest BCUT2D eigenvalue weighted by Gasteiger charge is 2.18. The number of hydrogen-bond acceptors (Lipinski definition) is 3. The van der Waals surface area contributed by atoms with Crippen LogP contribution < -0.4 is 5.43 Å². The van der Waals surface area contributed by atoms with Crippen molar-refractivity contribution in [1.82, 2.24) is 0 Å². The molecule has 23 heavy (non-hydrogen) atoms. The molecule has 3 heteroatoms. The molecule has 0 N–H and O–H groups in total. The van der Waals surface area contributed by atoms with Gasteiger partial charge in [-0.25, -0.2) is 0 Å². The van der Waals surface area contributed by atoms with Crippen LogP contribution in [0.5, 0.6) is 0 Å². The fraction of sp³-hybridized carbons (Fsp3) is 0.100. The number of fused-ring (bicyclic) bond motifs is 1. The van der Waals surface area contributed by atoms with Crippen LogP contribution in [0.1, 0.15) is 12.5 Å². The average Bonchev–Trinajstić information content (AvgIpc) is 2.57. The lowest BCUT2D eigenvalue weighted by atomic mass is 9.98. The minimum atomic E-state index is -0.166. The molecule has 114 valence electrons. The molecular formula is C20H16O3. The van der Waals surface area contributed by atoms with E-state index in [4.69, 9.17) is 4.42 Å². The molecule has 0 aliphatic carbocycles. The Labute approximate surface area is 133 Å². The van der Waals surface area contributed by atoms with Crippen molar-refractivity contribution in [2.75, 3.05) is 0 Å². The summed E-state index contributed by atoms with van der Waals surface area (Å²) in [7, 11) is 0. The Balaban J connectivity index is 2.30. The van der Waals surface area contributed by atoms with Gasteiger partial charge in [0.15, 0.2) is 11.2 Å². The molecule has 0 amide bonds. The highest BCUT2D eigenvalue weighted by molar-refractivity contribution is 5.97. The van der Waals surface area contributed by atoms with E-state index < -0.39 is 0 Å². The second-order valence-electron chi connectivity index (χ2n) is 5.48. The van der Waals surface area contributed by atoms with Gasteiger partial charge in [0, 0.05) is 12.0 Å². The van der Waals surface area contributed by atoms with Gasteiger partial charge in [-0.3, -0.25) is 9.59 Å². The van der Waals surface area contributed by atoms with Crippen molar-refractivity contribution in [2.45, 2.75) is 13.3 Å². The summed E-state index contributed by atoms with van der Waals surface area (Å²) in [5, 5.41) is 0.483. The second kappa shape index (κ2) is 6.05. The minimum Gasteiger partial charge on any atom is -0.456 e. The molecule has 0 fully saturated rings. The SMILES string of the molecule is C=C(C)C(=O)Cc1c(-c2ccccc2)oc2ccccc2c1=O. The van der Waals surface area contributed by atoms with E-state index in [1.54, 1.807) is 25.1 Å². The monoisotopic (exact) mass is 304 g/mol. The number of rotatable bonds is 4. The zero-order valence-corrected chi connectivity index (χ0v) is 12.8. The smallest absolute Gasteiger partial charge is 0.196 e. The van der Waals surface area contributed by atoms with Crippen LogP contribution in [-0.2, 0) is 11.2 Å². The van der Waals surface area contributed by atoms with Gasteiger partial charge in [0.1, 0.15) is 11.3 Å². The first-order chi connectivity index (χ1) is 11.1. The van der Waals surface area contributed by atoms with Crippen molar-refractivity contribution in [3.05, 3.63) is 82.5 Å². The first kappa shape index (κ1) is 15.0. The van der Waals surface area contributed by atoms with Crippen LogP contribution in [0.2, 0.25) is 0 Å². The molecule has 3 rings (SSSR count). The Morgan fingerprint density at radius 2 is 1.70 bits per heavy atom. The number of Topliss-reactive ketones (excluding diaryl/α,β-unsaturated/α-hetero) is 1. The van der Waals surface area contributed by atoms with Crippen molar-refractivity contribution in [2.24, 2.45) is 0 Å². The van der Waals surface area contributed by atoms with Gasteiger partial charge in [-0.05, 0) is 24.6 Å². The molecular weight excluding hydrogens is 288 g/mol. The Hall–Kier alpha value is -2.94. The second-order valence-corrected chi connectivity index (χ2v) is 5.48. The fourth-order valence-electron chi connectivity index (χ4n) is 2.48. The molecule has 3 aromatic rings. The normalized spacial score (nSPS) is 10.7. The van der Waals surface area contributed by atoms with Gasteiger partial charge in [0.2, 0.25) is 0 Å². The van der Waals surface area contributed by atoms with Crippen LogP contribution in [0.15, 0.2) is 76.0 Å². The first-order valence-corrected chi connectivity index (χ1v) is 7.37. The summed E-state index contributed by atoms with van der Waals surface area (Å²) in [4.78, 5) is 24.9. The van der Waals surface area contributed by atoms with Crippen molar-refractivity contribution >= 4 is 16.8 Å². The number of allylic oxidation sites excluding steroid dienone is 1. The summed E-state index contributed by atoms with van der Waals surface area (Å²) in [5.74, 6) is 0.286. The molecule has 1 heterocycles. The highest BCUT2D eigenvalue weighted by atomic mass is 16.3. The van der Waals surface area contributed by atoms with Gasteiger partial charge in [-0.1, -0.05) is 49.0 Å². The van der Waals surface area contributed by atoms with E-state index in [2.05, 4.69) is 6.58 Å². The molecule has 3 nitrogen and oxygen atoms in total. The average molecular weight is 304 g/mol. The summed E-state index contributed by atoms with van der Waals surface area (Å²) >= 11 is 0. The highest BCUT2D eigenvalue weighted by Crippen LogP contribution is 2.26. The lowest BCUT2D eigenvalue weighted by Crippen LogP contribution is -2.16. The number of ketones is 1. The number of carbonyl (C=O) groups excluding carboxylic acids is 1. The van der Waals surface area contributed by atoms with E-state index >= 15 is 0 Å². The number of para-hydroxylation sites is 1. The van der Waals surface area contributed by atoms with Gasteiger partial charge in [-0.2, -0.15) is 0 Å². The summed E-state index contributed by atoms with van der Waals surface area (Å²) in [6.07, 6.45) is -0.00721. The molecule has 2 aromatic carbocycles. The first-order valence-electron chi connectivity index (χ1n) is 7.37. The summed E-state index contributed by atoms with van der Waals surface area (Å²) in [6, 6.07) is 16.4. The zero-order valence-electron chi connectivity index (χ0n) is 12.8. The lowest BCUT2D eigenvalue weighted by molar-refractivity contribution is -0.114. The molecule has 0 unspecified atom stereocenters. The number of hydrogen-bond donors (Lipinski definition) is 0. The van der Waals surface area contributed by atoms with E-state index in [0.717, 1.165) is 5.56 Å². The predicted molar refractivity (Wildman–Crippen MR) is 91.4 cm³/mol. The van der Waals surface area contributed by atoms with E-state index in [0.29, 0.717) is 27.9 Å². The Bertz CT molecular complexity index is 950. The minimum absolute atomic E-state index is 0.00721. The van der Waals surface area contributed by atoms with Crippen molar-refractivity contribution in [1.29, 1.82) is 0 Å². The Morgan fingerprint density at radius 1 is 1.04 bits per heavy atom. The van der Waals surface area contributed by atoms with Gasteiger partial charge in [-0.15, -0.1) is 0 Å². The molecule has 0 spiro atoms. The Morgan fingerprint density at radius 3 is 2.39 bits per heavy atom. The molecule has 0 saturated carbocycles. The molecule has 0 aliphatic heterocycles. The van der Waals surface area contributed by atoms with Crippen molar-refractivity contribution in [3.63, 3.8) is 0 Å². The third-order valence-electron chi connectivity index (χ3n) is 3.74. The molecule has 0 aliphatic rings. The van der Waals surface area contributed by atoms with Gasteiger partial charge < -0.3 is 4.42 Å². The number of carbonyl (C=O) groups is 1. The van der Waals surface area contributed by atoms with E-state index in [1.165, 1.54) is 0 Å². The van der Waals surface area contributed by atoms with Crippen LogP contribution in [0.3, 0.4) is 0 Å². The topological polar surface area (TPSA) is 47.3 Å². The van der Waals surface area contributed by atoms with Crippen molar-refractivity contribution in [3.8, 4) is 11.3 Å². The maximum atomic E-state index is 12.8. The predicted octanol–water partition coefficient (Wildman–Crippen LogP) is 4.15. The van der Waals surface area contributed by atoms with E-state index in [9.17, 15) is 9.59 Å². The lowest BCUT2D eigenvalue weighted by Gasteiger charge is -2.10. The van der Waals surface area contributed by atoms with Crippen LogP contribution in [-0.4, -0.2) is 5.78 Å². The third kappa shape index (κ3) is 2.86. The largest absolute Gasteiger partial charge is 0.456 e. The zero-order chi connectivity index (χ0) is 16.4. The summed E-state index contributed by atoms with van der Waals surface area (Å²) in [5.41, 5.74) is 1.93. The van der Waals surface area contributed by atoms with E-state index in [-0.39, 0.29) is 17.6 Å². The van der Waals surface area contributed by atoms with E-state index in [1.807, 2.05) is 36.4 Å². The van der Waals surface area contributed by atoms with Crippen LogP contribution in [0.4, 0.5) is 0 Å². The summed E-state index contributed by atoms with van der Waals surface area (Å²) in [6.45, 7) is 5.31. The van der Waals surface area contributed by atoms with Crippen molar-refractivity contribution < 1.29 is 9.21 Å². The summed E-state index contributed by atoms with van der Waals surface area (Å²) < 4.78 is 5.96. The van der Waals surface area contributed by atoms with Crippen LogP contribution in [0.25, 0.3) is 22.3 Å². The molecule has 0 radical (unpaired) electrons. The van der Waals surface area contributed by atoms with Gasteiger partial charge >= 0.3 is 0 Å². The van der Waals surface area contributed by atoms with Crippen LogP contribution >= 0.6 is 0 Å². The maximum Gasteiger partial charge on any atom is 0.196 e. The quantitative estimate of drug-likeness (QED) is 0.680. The molecule has 1 aromatic heterocycles. The standard InChI is InChI=1S/C20H16O3/c1-13(2)17(21)12-16-19(22)15-10-6-7-11-18(15)23-20(16)14-8-4-3-5-9-14/h3-11H,1,12H2,2H3. The third-order valence-corrected chi connectivity index (χ3v) is 3.74. The molecule has 0 atom stereocenters. The Kier molecular flexibility index (Phi) is 3.94. The maximum absolute atomic E-state index is 12.8. The molecule has 0 bridgehead atoms. The van der Waals surface area contributed by atoms with Gasteiger partial charge in [0.25, 0.3) is 0 Å². The number of benzene rings is 2. The van der Waals surface area contributed by atoms with Crippen LogP contribution in [0, 0.1) is 0 Å².